The molecule has 0 aromatic heterocycles. The molecule has 1 saturated heterocycles. The maximum atomic E-state index is 6.74. The van der Waals surface area contributed by atoms with Crippen LogP contribution in [0, 0.1) is 6.92 Å². The van der Waals surface area contributed by atoms with E-state index < -0.39 is 0 Å². The minimum atomic E-state index is -0.295. The van der Waals surface area contributed by atoms with Crippen LogP contribution in [0.15, 0.2) is 48.5 Å². The van der Waals surface area contributed by atoms with Crippen molar-refractivity contribution in [3.63, 3.8) is 0 Å². The first-order valence-electron chi connectivity index (χ1n) is 10.7. The zero-order valence-electron chi connectivity index (χ0n) is 17.5. The minimum absolute atomic E-state index is 0.180. The van der Waals surface area contributed by atoms with Crippen molar-refractivity contribution in [1.29, 1.82) is 0 Å². The standard InChI is InChI=1S/C24H29N3O2/c1-4-26-13-11-24(12-14-26)27-22(20-15-17(2)5-10-23(20)29-24)16-21(25-27)18-6-8-19(28-3)9-7-18/h5-10,15-16,22,25H,4,11-14H2,1-3H3/p+1/t22-/m1/s1. The number of likely N-dealkylation sites (tertiary alicyclic amines) is 1. The predicted octanol–water partition coefficient (Wildman–Crippen LogP) is 2.69. The van der Waals surface area contributed by atoms with Gasteiger partial charge in [-0.25, -0.2) is 0 Å². The number of hydrogen-bond acceptors (Lipinski definition) is 4. The van der Waals surface area contributed by atoms with Crippen LogP contribution >= 0.6 is 0 Å². The second kappa shape index (κ2) is 7.08. The van der Waals surface area contributed by atoms with Crippen LogP contribution in [-0.4, -0.2) is 37.5 Å². The summed E-state index contributed by atoms with van der Waals surface area (Å²) in [4.78, 5) is 1.66. The van der Waals surface area contributed by atoms with E-state index in [1.54, 1.807) is 12.0 Å². The Morgan fingerprint density at radius 3 is 2.62 bits per heavy atom. The van der Waals surface area contributed by atoms with E-state index in [2.05, 4.69) is 60.7 Å². The van der Waals surface area contributed by atoms with Crippen LogP contribution in [0.2, 0.25) is 0 Å². The molecule has 5 rings (SSSR count). The first kappa shape index (κ1) is 18.5. The summed E-state index contributed by atoms with van der Waals surface area (Å²) >= 11 is 0. The van der Waals surface area contributed by atoms with Gasteiger partial charge in [-0.2, -0.15) is 5.01 Å². The third-order valence-electron chi connectivity index (χ3n) is 6.71. The summed E-state index contributed by atoms with van der Waals surface area (Å²) in [5.74, 6) is 1.91. The molecular weight excluding hydrogens is 362 g/mol. The van der Waals surface area contributed by atoms with Gasteiger partial charge in [0.2, 0.25) is 0 Å². The average Bonchev–Trinajstić information content (AvgIpc) is 3.22. The summed E-state index contributed by atoms with van der Waals surface area (Å²) in [5, 5.41) is 2.38. The number of nitrogens with one attached hydrogen (secondary N) is 2. The number of benzene rings is 2. The summed E-state index contributed by atoms with van der Waals surface area (Å²) in [6.07, 6.45) is 4.40. The lowest BCUT2D eigenvalue weighted by atomic mass is 9.92. The molecule has 0 aliphatic carbocycles. The average molecular weight is 393 g/mol. The highest BCUT2D eigenvalue weighted by Gasteiger charge is 2.52. The number of aryl methyl sites for hydroxylation is 1. The van der Waals surface area contributed by atoms with Crippen LogP contribution in [-0.2, 0) is 0 Å². The second-order valence-electron chi connectivity index (χ2n) is 8.43. The van der Waals surface area contributed by atoms with Crippen molar-refractivity contribution in [2.75, 3.05) is 26.7 Å². The van der Waals surface area contributed by atoms with Gasteiger partial charge in [0.25, 0.3) is 0 Å². The molecule has 0 amide bonds. The van der Waals surface area contributed by atoms with Crippen molar-refractivity contribution in [3.05, 3.63) is 65.2 Å². The van der Waals surface area contributed by atoms with Crippen molar-refractivity contribution in [2.45, 2.75) is 38.5 Å². The lowest BCUT2D eigenvalue weighted by Crippen LogP contribution is -3.13. The monoisotopic (exact) mass is 392 g/mol. The molecule has 2 aromatic rings. The molecule has 0 bridgehead atoms. The summed E-state index contributed by atoms with van der Waals surface area (Å²) in [7, 11) is 1.70. The Kier molecular flexibility index (Phi) is 4.52. The first-order chi connectivity index (χ1) is 14.1. The van der Waals surface area contributed by atoms with Gasteiger partial charge in [-0.05, 0) is 55.8 Å². The van der Waals surface area contributed by atoms with E-state index in [-0.39, 0.29) is 11.8 Å². The third kappa shape index (κ3) is 3.09. The van der Waals surface area contributed by atoms with Crippen LogP contribution in [0.1, 0.15) is 42.5 Å². The lowest BCUT2D eigenvalue weighted by Gasteiger charge is -2.50. The Morgan fingerprint density at radius 2 is 1.93 bits per heavy atom. The van der Waals surface area contributed by atoms with Gasteiger partial charge >= 0.3 is 0 Å². The topological polar surface area (TPSA) is 38.2 Å². The van der Waals surface area contributed by atoms with Crippen molar-refractivity contribution in [3.8, 4) is 11.5 Å². The third-order valence-corrected chi connectivity index (χ3v) is 6.71. The molecule has 1 spiro atoms. The van der Waals surface area contributed by atoms with Crippen molar-refractivity contribution >= 4 is 5.70 Å². The maximum Gasteiger partial charge on any atom is 0.191 e. The molecule has 0 radical (unpaired) electrons. The van der Waals surface area contributed by atoms with Crippen LogP contribution in [0.4, 0.5) is 0 Å². The van der Waals surface area contributed by atoms with E-state index in [0.29, 0.717) is 0 Å². The van der Waals surface area contributed by atoms with Gasteiger partial charge in [0.05, 0.1) is 51.3 Å². The zero-order valence-corrected chi connectivity index (χ0v) is 17.5. The smallest absolute Gasteiger partial charge is 0.191 e. The van der Waals surface area contributed by atoms with E-state index in [9.17, 15) is 0 Å². The summed E-state index contributed by atoms with van der Waals surface area (Å²) in [5.41, 5.74) is 8.24. The van der Waals surface area contributed by atoms with Gasteiger partial charge in [0, 0.05) is 5.56 Å². The van der Waals surface area contributed by atoms with Crippen molar-refractivity contribution in [1.82, 2.24) is 10.4 Å². The zero-order chi connectivity index (χ0) is 20.0. The Labute approximate surface area is 172 Å². The molecule has 5 heteroatoms. The van der Waals surface area contributed by atoms with E-state index in [1.165, 1.54) is 23.2 Å². The predicted molar refractivity (Wildman–Crippen MR) is 114 cm³/mol. The van der Waals surface area contributed by atoms with Crippen LogP contribution < -0.4 is 19.8 Å². The molecule has 3 aliphatic rings. The Bertz CT molecular complexity index is 930. The number of hydrazine groups is 1. The normalized spacial score (nSPS) is 28.2. The van der Waals surface area contributed by atoms with Gasteiger partial charge in [0.1, 0.15) is 11.5 Å². The number of ether oxygens (including phenoxy) is 2. The molecule has 0 unspecified atom stereocenters. The highest BCUT2D eigenvalue weighted by atomic mass is 16.5. The first-order valence-corrected chi connectivity index (χ1v) is 10.7. The van der Waals surface area contributed by atoms with Gasteiger partial charge in [0.15, 0.2) is 5.72 Å². The molecule has 1 atom stereocenters. The number of quaternary nitrogens is 1. The summed E-state index contributed by atoms with van der Waals surface area (Å²) < 4.78 is 12.1. The van der Waals surface area contributed by atoms with Crippen LogP contribution in [0.25, 0.3) is 5.70 Å². The molecule has 2 aromatic carbocycles. The number of piperidine rings is 1. The molecule has 5 nitrogen and oxygen atoms in total. The van der Waals surface area contributed by atoms with E-state index in [0.717, 1.165) is 43.1 Å². The van der Waals surface area contributed by atoms with E-state index in [1.807, 2.05) is 12.1 Å². The van der Waals surface area contributed by atoms with Gasteiger partial charge in [-0.15, -0.1) is 0 Å². The summed E-state index contributed by atoms with van der Waals surface area (Å²) in [6.45, 7) is 7.88. The molecule has 3 aliphatic heterocycles. The van der Waals surface area contributed by atoms with Crippen molar-refractivity contribution < 1.29 is 14.4 Å². The molecule has 1 fully saturated rings. The molecule has 2 N–H and O–H groups in total. The quantitative estimate of drug-likeness (QED) is 0.842. The molecule has 3 heterocycles. The minimum Gasteiger partial charge on any atom is -0.497 e. The van der Waals surface area contributed by atoms with Crippen LogP contribution in [0.5, 0.6) is 11.5 Å². The SMILES string of the molecule is CC[NH+]1CCC2(CC1)Oc1ccc(C)cc1[C@H]1C=C(c3ccc(OC)cc3)NN12. The molecule has 0 saturated carbocycles. The highest BCUT2D eigenvalue weighted by Crippen LogP contribution is 2.47. The maximum absolute atomic E-state index is 6.74. The molecule has 29 heavy (non-hydrogen) atoms. The fourth-order valence-electron chi connectivity index (χ4n) is 4.92. The van der Waals surface area contributed by atoms with Crippen molar-refractivity contribution in [2.24, 2.45) is 0 Å². The fraction of sp³-hybridized carbons (Fsp3) is 0.417. The largest absolute Gasteiger partial charge is 0.497 e. The van der Waals surface area contributed by atoms with Gasteiger partial charge in [-0.3, -0.25) is 0 Å². The molecular formula is C24H30N3O2+. The lowest BCUT2D eigenvalue weighted by molar-refractivity contribution is -0.906. The number of fused-ring (bicyclic) bond motifs is 4. The second-order valence-corrected chi connectivity index (χ2v) is 8.43. The van der Waals surface area contributed by atoms with E-state index >= 15 is 0 Å². The number of nitrogens with zero attached hydrogens (tertiary/aromatic N) is 1. The fourth-order valence-corrected chi connectivity index (χ4v) is 4.92. The van der Waals surface area contributed by atoms with Gasteiger partial charge in [-0.1, -0.05) is 17.7 Å². The van der Waals surface area contributed by atoms with E-state index in [4.69, 9.17) is 9.47 Å². The number of methoxy groups -OCH3 is 1. The Hall–Kier alpha value is -2.50. The summed E-state index contributed by atoms with van der Waals surface area (Å²) in [6, 6.07) is 15.0. The Morgan fingerprint density at radius 1 is 1.17 bits per heavy atom. The molecule has 152 valence electrons. The highest BCUT2D eigenvalue weighted by molar-refractivity contribution is 5.68. The Balaban J connectivity index is 1.53. The van der Waals surface area contributed by atoms with Gasteiger partial charge < -0.3 is 19.8 Å². The van der Waals surface area contributed by atoms with Crippen LogP contribution in [0.3, 0.4) is 0 Å². The number of rotatable bonds is 3. The number of hydrogen-bond donors (Lipinski definition) is 2.